The first-order valence-corrected chi connectivity index (χ1v) is 8.11. The zero-order valence-corrected chi connectivity index (χ0v) is 15.0. The van der Waals surface area contributed by atoms with Crippen molar-refractivity contribution in [1.29, 1.82) is 0 Å². The zero-order chi connectivity index (χ0) is 17.9. The molecule has 0 aromatic heterocycles. The van der Waals surface area contributed by atoms with Gasteiger partial charge in [0.2, 0.25) is 0 Å². The largest absolute Gasteiger partial charge is 0.497 e. The number of methoxy groups -OCH3 is 1. The number of amides is 1. The van der Waals surface area contributed by atoms with Crippen molar-refractivity contribution in [3.63, 3.8) is 0 Å². The third-order valence-corrected chi connectivity index (χ3v) is 4.43. The summed E-state index contributed by atoms with van der Waals surface area (Å²) in [5.74, 6) is 0.410. The van der Waals surface area contributed by atoms with E-state index in [9.17, 15) is 9.90 Å². The van der Waals surface area contributed by atoms with E-state index in [1.807, 2.05) is 13.8 Å². The molecule has 24 heavy (non-hydrogen) atoms. The number of carbonyl (C=O) groups excluding carboxylic acids is 1. The Morgan fingerprint density at radius 3 is 2.33 bits per heavy atom. The molecular formula is C19H22ClNO3. The second kappa shape index (κ2) is 7.69. The van der Waals surface area contributed by atoms with Crippen molar-refractivity contribution in [1.82, 2.24) is 5.32 Å². The van der Waals surface area contributed by atoms with Crippen LogP contribution in [0.5, 0.6) is 5.75 Å². The lowest BCUT2D eigenvalue weighted by Gasteiger charge is -2.21. The van der Waals surface area contributed by atoms with E-state index in [0.29, 0.717) is 21.9 Å². The van der Waals surface area contributed by atoms with Gasteiger partial charge in [0.05, 0.1) is 29.8 Å². The third kappa shape index (κ3) is 4.08. The summed E-state index contributed by atoms with van der Waals surface area (Å²) in [5.41, 5.74) is 3.14. The molecule has 0 saturated heterocycles. The van der Waals surface area contributed by atoms with Crippen molar-refractivity contribution in [2.45, 2.75) is 32.9 Å². The lowest BCUT2D eigenvalue weighted by Crippen LogP contribution is -2.37. The minimum absolute atomic E-state index is 0.303. The van der Waals surface area contributed by atoms with E-state index in [1.54, 1.807) is 50.4 Å². The summed E-state index contributed by atoms with van der Waals surface area (Å²) in [6.07, 6.45) is -0.829. The Morgan fingerprint density at radius 1 is 1.17 bits per heavy atom. The van der Waals surface area contributed by atoms with Gasteiger partial charge in [-0.3, -0.25) is 4.79 Å². The van der Waals surface area contributed by atoms with Crippen molar-refractivity contribution in [2.24, 2.45) is 0 Å². The highest BCUT2D eigenvalue weighted by Crippen LogP contribution is 2.23. The van der Waals surface area contributed by atoms with Crippen molar-refractivity contribution < 1.29 is 14.6 Å². The molecule has 5 heteroatoms. The quantitative estimate of drug-likeness (QED) is 0.864. The first-order chi connectivity index (χ1) is 11.3. The van der Waals surface area contributed by atoms with Crippen LogP contribution in [-0.4, -0.2) is 24.2 Å². The first-order valence-electron chi connectivity index (χ1n) is 7.73. The van der Waals surface area contributed by atoms with E-state index >= 15 is 0 Å². The van der Waals surface area contributed by atoms with Gasteiger partial charge < -0.3 is 15.2 Å². The number of benzene rings is 2. The summed E-state index contributed by atoms with van der Waals surface area (Å²) in [7, 11) is 1.58. The van der Waals surface area contributed by atoms with Gasteiger partial charge in [-0.05, 0) is 61.7 Å². The predicted molar refractivity (Wildman–Crippen MR) is 95.8 cm³/mol. The minimum atomic E-state index is -0.829. The van der Waals surface area contributed by atoms with Crippen LogP contribution in [0.1, 0.15) is 40.1 Å². The summed E-state index contributed by atoms with van der Waals surface area (Å²) < 4.78 is 5.10. The molecule has 2 N–H and O–H groups in total. The van der Waals surface area contributed by atoms with Crippen LogP contribution in [0.25, 0.3) is 0 Å². The number of rotatable bonds is 5. The van der Waals surface area contributed by atoms with Crippen molar-refractivity contribution in [2.75, 3.05) is 7.11 Å². The third-order valence-electron chi connectivity index (χ3n) is 4.12. The zero-order valence-electron chi connectivity index (χ0n) is 14.3. The molecule has 2 rings (SSSR count). The van der Waals surface area contributed by atoms with Gasteiger partial charge in [0.15, 0.2) is 0 Å². The van der Waals surface area contributed by atoms with Gasteiger partial charge in [0, 0.05) is 0 Å². The maximum Gasteiger partial charge on any atom is 0.253 e. The van der Waals surface area contributed by atoms with Gasteiger partial charge in [0.25, 0.3) is 5.91 Å². The van der Waals surface area contributed by atoms with Gasteiger partial charge in [-0.2, -0.15) is 0 Å². The minimum Gasteiger partial charge on any atom is -0.497 e. The summed E-state index contributed by atoms with van der Waals surface area (Å²) in [6, 6.07) is 10.2. The average molecular weight is 348 g/mol. The Balaban J connectivity index is 2.11. The number of hydrogen-bond donors (Lipinski definition) is 2. The molecule has 2 atom stereocenters. The molecular weight excluding hydrogens is 326 g/mol. The van der Waals surface area contributed by atoms with E-state index in [-0.39, 0.29) is 5.91 Å². The van der Waals surface area contributed by atoms with Crippen LogP contribution in [0.2, 0.25) is 5.02 Å². The average Bonchev–Trinajstić information content (AvgIpc) is 2.57. The topological polar surface area (TPSA) is 58.6 Å². The summed E-state index contributed by atoms with van der Waals surface area (Å²) >= 11 is 6.17. The SMILES string of the molecule is COc1ccc(C(O)C(C)NC(=O)c2cc(C)c(C)cc2Cl)cc1. The molecule has 0 fully saturated rings. The number of aliphatic hydroxyl groups is 1. The maximum absolute atomic E-state index is 12.4. The Bertz CT molecular complexity index is 728. The maximum atomic E-state index is 12.4. The Morgan fingerprint density at radius 2 is 1.75 bits per heavy atom. The molecule has 0 aliphatic heterocycles. The number of nitrogens with one attached hydrogen (secondary N) is 1. The Hall–Kier alpha value is -2.04. The Labute approximate surface area is 147 Å². The van der Waals surface area contributed by atoms with Gasteiger partial charge in [-0.25, -0.2) is 0 Å². The molecule has 4 nitrogen and oxygen atoms in total. The number of aliphatic hydroxyl groups excluding tert-OH is 1. The molecule has 0 bridgehead atoms. The van der Waals surface area contributed by atoms with Crippen LogP contribution >= 0.6 is 11.6 Å². The standard InChI is InChI=1S/C19H22ClNO3/c1-11-9-16(17(20)10-12(11)2)19(23)21-13(3)18(22)14-5-7-15(24-4)8-6-14/h5-10,13,18,22H,1-4H3,(H,21,23). The molecule has 0 saturated carbocycles. The van der Waals surface area contributed by atoms with E-state index in [4.69, 9.17) is 16.3 Å². The fourth-order valence-electron chi connectivity index (χ4n) is 2.41. The number of aryl methyl sites for hydroxylation is 2. The molecule has 0 spiro atoms. The summed E-state index contributed by atoms with van der Waals surface area (Å²) in [4.78, 5) is 12.4. The van der Waals surface area contributed by atoms with E-state index in [2.05, 4.69) is 5.32 Å². The summed E-state index contributed by atoms with van der Waals surface area (Å²) in [5, 5.41) is 13.6. The second-order valence-electron chi connectivity index (χ2n) is 5.90. The first kappa shape index (κ1) is 18.3. The molecule has 128 valence electrons. The van der Waals surface area contributed by atoms with Crippen molar-refractivity contribution >= 4 is 17.5 Å². The monoisotopic (exact) mass is 347 g/mol. The van der Waals surface area contributed by atoms with E-state index in [0.717, 1.165) is 11.1 Å². The highest BCUT2D eigenvalue weighted by Gasteiger charge is 2.20. The van der Waals surface area contributed by atoms with Crippen LogP contribution in [-0.2, 0) is 0 Å². The van der Waals surface area contributed by atoms with Gasteiger partial charge in [0.1, 0.15) is 5.75 Å². The van der Waals surface area contributed by atoms with Crippen LogP contribution in [0.4, 0.5) is 0 Å². The smallest absolute Gasteiger partial charge is 0.253 e. The molecule has 0 aliphatic rings. The number of carbonyl (C=O) groups is 1. The second-order valence-corrected chi connectivity index (χ2v) is 6.30. The number of hydrogen-bond acceptors (Lipinski definition) is 3. The molecule has 1 amide bonds. The fourth-order valence-corrected chi connectivity index (χ4v) is 2.71. The van der Waals surface area contributed by atoms with Crippen LogP contribution in [0.3, 0.4) is 0 Å². The highest BCUT2D eigenvalue weighted by atomic mass is 35.5. The molecule has 0 aliphatic carbocycles. The fraction of sp³-hybridized carbons (Fsp3) is 0.316. The highest BCUT2D eigenvalue weighted by molar-refractivity contribution is 6.34. The predicted octanol–water partition coefficient (Wildman–Crippen LogP) is 3.82. The van der Waals surface area contributed by atoms with Crippen molar-refractivity contribution in [3.8, 4) is 5.75 Å². The molecule has 0 heterocycles. The van der Waals surface area contributed by atoms with Crippen LogP contribution in [0.15, 0.2) is 36.4 Å². The number of halogens is 1. The molecule has 2 unspecified atom stereocenters. The normalized spacial score (nSPS) is 13.2. The van der Waals surface area contributed by atoms with Gasteiger partial charge >= 0.3 is 0 Å². The van der Waals surface area contributed by atoms with E-state index < -0.39 is 12.1 Å². The number of ether oxygens (including phenoxy) is 1. The van der Waals surface area contributed by atoms with E-state index in [1.165, 1.54) is 0 Å². The summed E-state index contributed by atoms with van der Waals surface area (Å²) in [6.45, 7) is 5.62. The van der Waals surface area contributed by atoms with Gasteiger partial charge in [-0.15, -0.1) is 0 Å². The van der Waals surface area contributed by atoms with Crippen molar-refractivity contribution in [3.05, 3.63) is 63.7 Å². The molecule has 2 aromatic carbocycles. The van der Waals surface area contributed by atoms with Gasteiger partial charge in [-0.1, -0.05) is 23.7 Å². The molecule has 2 aromatic rings. The van der Waals surface area contributed by atoms with Crippen LogP contribution in [0, 0.1) is 13.8 Å². The molecule has 0 radical (unpaired) electrons. The lowest BCUT2D eigenvalue weighted by atomic mass is 10.0. The Kier molecular flexibility index (Phi) is 5.86. The lowest BCUT2D eigenvalue weighted by molar-refractivity contribution is 0.0852. The van der Waals surface area contributed by atoms with Crippen LogP contribution < -0.4 is 10.1 Å².